The van der Waals surface area contributed by atoms with Gasteiger partial charge in [-0.1, -0.05) is 48.0 Å². The van der Waals surface area contributed by atoms with Crippen LogP contribution in [0.3, 0.4) is 0 Å². The van der Waals surface area contributed by atoms with Gasteiger partial charge in [0, 0.05) is 23.2 Å². The third-order valence-electron chi connectivity index (χ3n) is 4.93. The van der Waals surface area contributed by atoms with Gasteiger partial charge in [0.15, 0.2) is 5.69 Å². The first-order valence-corrected chi connectivity index (χ1v) is 10.2. The normalized spacial score (nSPS) is 11.6. The number of aromatic nitrogens is 3. The van der Waals surface area contributed by atoms with Crippen molar-refractivity contribution in [1.29, 1.82) is 0 Å². The quantitative estimate of drug-likeness (QED) is 0.436. The van der Waals surface area contributed by atoms with E-state index >= 15 is 0 Å². The summed E-state index contributed by atoms with van der Waals surface area (Å²) in [5, 5.41) is 8.65. The molecule has 0 aliphatic heterocycles. The molecule has 0 atom stereocenters. The molecule has 0 unspecified atom stereocenters. The first-order chi connectivity index (χ1) is 15.3. The first kappa shape index (κ1) is 21.8. The number of hydrogen-bond donors (Lipinski definition) is 1. The Labute approximate surface area is 186 Å². The topological polar surface area (TPSA) is 59.8 Å². The number of carbonyl (C=O) groups excluding carboxylic acids is 1. The van der Waals surface area contributed by atoms with Crippen LogP contribution in [0.1, 0.15) is 27.3 Å². The van der Waals surface area contributed by atoms with Crippen molar-refractivity contribution in [3.05, 3.63) is 94.4 Å². The van der Waals surface area contributed by atoms with Gasteiger partial charge in [0.2, 0.25) is 0 Å². The molecule has 0 aliphatic carbocycles. The van der Waals surface area contributed by atoms with Gasteiger partial charge in [-0.05, 0) is 41.8 Å². The van der Waals surface area contributed by atoms with Gasteiger partial charge in [-0.15, -0.1) is 0 Å². The Bertz CT molecular complexity index is 1240. The molecule has 0 bridgehead atoms. The molecule has 0 radical (unpaired) electrons. The van der Waals surface area contributed by atoms with E-state index in [0.717, 1.165) is 22.5 Å². The van der Waals surface area contributed by atoms with Crippen LogP contribution in [0.25, 0.3) is 10.9 Å². The number of fused-ring (bicyclic) bond motifs is 1. The minimum Gasteiger partial charge on any atom is -0.350 e. The molecule has 2 aromatic carbocycles. The Balaban J connectivity index is 1.46. The van der Waals surface area contributed by atoms with E-state index < -0.39 is 11.9 Å². The first-order valence-electron chi connectivity index (χ1n) is 9.81. The summed E-state index contributed by atoms with van der Waals surface area (Å²) >= 11 is 5.95. The van der Waals surface area contributed by atoms with E-state index in [-0.39, 0.29) is 12.5 Å². The predicted octanol–water partition coefficient (Wildman–Crippen LogP) is 5.12. The van der Waals surface area contributed by atoms with Crippen LogP contribution in [0.4, 0.5) is 13.2 Å². The summed E-state index contributed by atoms with van der Waals surface area (Å²) in [5.41, 5.74) is 1.75. The fourth-order valence-electron chi connectivity index (χ4n) is 3.32. The average molecular weight is 459 g/mol. The number of nitrogens with one attached hydrogen (secondary N) is 1. The third kappa shape index (κ3) is 4.91. The molecule has 32 heavy (non-hydrogen) atoms. The molecule has 5 nitrogen and oxygen atoms in total. The lowest BCUT2D eigenvalue weighted by Crippen LogP contribution is -2.26. The number of hydrogen-bond acceptors (Lipinski definition) is 3. The van der Waals surface area contributed by atoms with E-state index in [9.17, 15) is 18.0 Å². The fourth-order valence-corrected chi connectivity index (χ4v) is 3.45. The van der Waals surface area contributed by atoms with Gasteiger partial charge < -0.3 is 5.32 Å². The molecule has 0 aliphatic rings. The number of rotatable bonds is 6. The molecule has 2 heterocycles. The maximum Gasteiger partial charge on any atom is 0.433 e. The highest BCUT2D eigenvalue weighted by atomic mass is 35.5. The largest absolute Gasteiger partial charge is 0.433 e. The lowest BCUT2D eigenvalue weighted by molar-refractivity contribution is -0.141. The molecule has 0 fully saturated rings. The maximum absolute atomic E-state index is 12.8. The van der Waals surface area contributed by atoms with Crippen LogP contribution < -0.4 is 5.32 Å². The molecule has 4 rings (SSSR count). The number of pyridine rings is 1. The molecule has 1 N–H and O–H groups in total. The number of halogens is 4. The van der Waals surface area contributed by atoms with Crippen LogP contribution in [-0.2, 0) is 19.1 Å². The highest BCUT2D eigenvalue weighted by Gasteiger charge is 2.31. The van der Waals surface area contributed by atoms with E-state index in [1.165, 1.54) is 12.3 Å². The summed E-state index contributed by atoms with van der Waals surface area (Å²) in [5.74, 6) is -0.351. The Morgan fingerprint density at radius 3 is 2.41 bits per heavy atom. The highest BCUT2D eigenvalue weighted by molar-refractivity contribution is 6.30. The van der Waals surface area contributed by atoms with Gasteiger partial charge in [0.25, 0.3) is 5.91 Å². The lowest BCUT2D eigenvalue weighted by Gasteiger charge is -2.07. The second kappa shape index (κ2) is 9.00. The van der Waals surface area contributed by atoms with Crippen molar-refractivity contribution in [3.63, 3.8) is 0 Å². The van der Waals surface area contributed by atoms with Crippen LogP contribution >= 0.6 is 11.6 Å². The molecule has 0 saturated heterocycles. The molecule has 2 aromatic heterocycles. The minimum atomic E-state index is -4.47. The van der Waals surface area contributed by atoms with Crippen LogP contribution in [0.5, 0.6) is 0 Å². The van der Waals surface area contributed by atoms with Crippen molar-refractivity contribution in [3.8, 4) is 0 Å². The Kier molecular flexibility index (Phi) is 6.14. The van der Waals surface area contributed by atoms with Crippen molar-refractivity contribution >= 4 is 28.4 Å². The smallest absolute Gasteiger partial charge is 0.350 e. The van der Waals surface area contributed by atoms with Gasteiger partial charge in [0.05, 0.1) is 12.1 Å². The van der Waals surface area contributed by atoms with Crippen LogP contribution in [0.15, 0.2) is 66.9 Å². The third-order valence-corrected chi connectivity index (χ3v) is 5.19. The molecule has 9 heteroatoms. The molecule has 0 spiro atoms. The molecule has 164 valence electrons. The summed E-state index contributed by atoms with van der Waals surface area (Å²) in [7, 11) is 0. The molecule has 0 saturated carbocycles. The molecule has 1 amide bonds. The lowest BCUT2D eigenvalue weighted by atomic mass is 10.1. The Morgan fingerprint density at radius 2 is 1.72 bits per heavy atom. The van der Waals surface area contributed by atoms with Gasteiger partial charge in [-0.2, -0.15) is 18.3 Å². The standard InChI is InChI=1S/C23H18ClF3N4O/c24-17-8-5-16(6-9-17)14-31-19-4-2-1-3-18(19)21(30-31)22(32)28-12-11-15-7-10-20(29-13-15)23(25,26)27/h1-10,13H,11-12,14H2,(H,28,32). The average Bonchev–Trinajstić information content (AvgIpc) is 3.14. The maximum atomic E-state index is 12.8. The number of nitrogens with zero attached hydrogens (tertiary/aromatic N) is 3. The minimum absolute atomic E-state index is 0.240. The SMILES string of the molecule is O=C(NCCc1ccc(C(F)(F)F)nc1)c1nn(Cc2ccc(Cl)cc2)c2ccccc12. The van der Waals surface area contributed by atoms with E-state index in [0.29, 0.717) is 29.2 Å². The molecular formula is C23H18ClF3N4O. The summed E-state index contributed by atoms with van der Waals surface area (Å²) in [4.78, 5) is 16.2. The zero-order chi connectivity index (χ0) is 22.7. The summed E-state index contributed by atoms with van der Waals surface area (Å²) in [6, 6.07) is 17.1. The van der Waals surface area contributed by atoms with Gasteiger partial charge in [-0.3, -0.25) is 14.5 Å². The van der Waals surface area contributed by atoms with Crippen molar-refractivity contribution in [1.82, 2.24) is 20.1 Å². The number of benzene rings is 2. The van der Waals surface area contributed by atoms with Crippen molar-refractivity contribution in [2.45, 2.75) is 19.1 Å². The van der Waals surface area contributed by atoms with Crippen molar-refractivity contribution < 1.29 is 18.0 Å². The summed E-state index contributed by atoms with van der Waals surface area (Å²) < 4.78 is 39.6. The van der Waals surface area contributed by atoms with E-state index in [4.69, 9.17) is 11.6 Å². The summed E-state index contributed by atoms with van der Waals surface area (Å²) in [6.07, 6.45) is -2.95. The molecular weight excluding hydrogens is 441 g/mol. The molecule has 4 aromatic rings. The second-order valence-electron chi connectivity index (χ2n) is 7.21. The van der Waals surface area contributed by atoms with Crippen LogP contribution in [-0.4, -0.2) is 27.2 Å². The summed E-state index contributed by atoms with van der Waals surface area (Å²) in [6.45, 7) is 0.715. The predicted molar refractivity (Wildman–Crippen MR) is 116 cm³/mol. The zero-order valence-corrected chi connectivity index (χ0v) is 17.5. The number of amides is 1. The van der Waals surface area contributed by atoms with E-state index in [1.54, 1.807) is 16.8 Å². The van der Waals surface area contributed by atoms with Gasteiger partial charge in [-0.25, -0.2) is 0 Å². The van der Waals surface area contributed by atoms with E-state index in [1.807, 2.05) is 36.4 Å². The fraction of sp³-hybridized carbons (Fsp3) is 0.174. The number of alkyl halides is 3. The Morgan fingerprint density at radius 1 is 1.00 bits per heavy atom. The zero-order valence-electron chi connectivity index (χ0n) is 16.7. The van der Waals surface area contributed by atoms with E-state index in [2.05, 4.69) is 15.4 Å². The Hall–Kier alpha value is -3.39. The van der Waals surface area contributed by atoms with Crippen LogP contribution in [0, 0.1) is 0 Å². The van der Waals surface area contributed by atoms with Crippen molar-refractivity contribution in [2.24, 2.45) is 0 Å². The van der Waals surface area contributed by atoms with Gasteiger partial charge >= 0.3 is 6.18 Å². The van der Waals surface area contributed by atoms with Gasteiger partial charge in [0.1, 0.15) is 5.69 Å². The number of para-hydroxylation sites is 1. The number of carbonyl (C=O) groups is 1. The second-order valence-corrected chi connectivity index (χ2v) is 7.64. The van der Waals surface area contributed by atoms with Crippen LogP contribution in [0.2, 0.25) is 5.02 Å². The highest BCUT2D eigenvalue weighted by Crippen LogP contribution is 2.27. The monoisotopic (exact) mass is 458 g/mol. The van der Waals surface area contributed by atoms with Crippen molar-refractivity contribution in [2.75, 3.05) is 6.54 Å².